The van der Waals surface area contributed by atoms with Gasteiger partial charge in [0.2, 0.25) is 0 Å². The van der Waals surface area contributed by atoms with Gasteiger partial charge in [0.05, 0.1) is 6.08 Å². The van der Waals surface area contributed by atoms with E-state index in [4.69, 9.17) is 0 Å². The van der Waals surface area contributed by atoms with Crippen LogP contribution in [0.1, 0.15) is 18.9 Å². The second kappa shape index (κ2) is 9.46. The maximum atomic E-state index is 14.7. The van der Waals surface area contributed by atoms with Crippen LogP contribution in [0.25, 0.3) is 22.3 Å². The predicted octanol–water partition coefficient (Wildman–Crippen LogP) is 8.14. The van der Waals surface area contributed by atoms with Crippen LogP contribution in [0.15, 0.2) is 66.8 Å². The number of ether oxygens (including phenoxy) is 1. The van der Waals surface area contributed by atoms with Gasteiger partial charge in [-0.1, -0.05) is 49.7 Å². The van der Waals surface area contributed by atoms with Crippen LogP contribution in [-0.2, 0) is 6.42 Å². The summed E-state index contributed by atoms with van der Waals surface area (Å²) in [5.41, 5.74) is 1.96. The second-order valence-corrected chi connectivity index (χ2v) is 7.01. The highest BCUT2D eigenvalue weighted by molar-refractivity contribution is 5.71. The highest BCUT2D eigenvalue weighted by Crippen LogP contribution is 2.35. The molecule has 3 aromatic carbocycles. The number of hydrogen-bond donors (Lipinski definition) is 0. The fourth-order valence-electron chi connectivity index (χ4n) is 3.19. The lowest BCUT2D eigenvalue weighted by molar-refractivity contribution is -0.137. The minimum Gasteiger partial charge on any atom is -0.423 e. The Hall–Kier alpha value is -3.29. The van der Waals surface area contributed by atoms with Crippen LogP contribution in [-0.4, -0.2) is 6.11 Å². The van der Waals surface area contributed by atoms with Crippen LogP contribution in [0.3, 0.4) is 0 Å². The molecule has 0 aromatic heterocycles. The summed E-state index contributed by atoms with van der Waals surface area (Å²) in [5.74, 6) is -5.54. The summed E-state index contributed by atoms with van der Waals surface area (Å²) in [7, 11) is 0. The number of hydrogen-bond acceptors (Lipinski definition) is 1. The van der Waals surface area contributed by atoms with Crippen LogP contribution in [0.5, 0.6) is 5.75 Å². The zero-order valence-electron chi connectivity index (χ0n) is 16.7. The minimum atomic E-state index is -4.64. The van der Waals surface area contributed by atoms with Gasteiger partial charge in [-0.2, -0.15) is 17.6 Å². The first kappa shape index (κ1) is 23.4. The van der Waals surface area contributed by atoms with E-state index in [2.05, 4.69) is 11.7 Å². The lowest BCUT2D eigenvalue weighted by Crippen LogP contribution is -2.23. The molecule has 0 unspecified atom stereocenters. The maximum absolute atomic E-state index is 14.7. The van der Waals surface area contributed by atoms with E-state index in [1.165, 1.54) is 12.1 Å². The highest BCUT2D eigenvalue weighted by Gasteiger charge is 2.33. The van der Waals surface area contributed by atoms with E-state index in [1.807, 2.05) is 24.3 Å². The van der Waals surface area contributed by atoms with Crippen molar-refractivity contribution >= 4 is 0 Å². The molecule has 168 valence electrons. The average Bonchev–Trinajstić information content (AvgIpc) is 2.70. The monoisotopic (exact) mass is 454 g/mol. The molecule has 0 amide bonds. The summed E-state index contributed by atoms with van der Waals surface area (Å²) >= 11 is 0. The van der Waals surface area contributed by atoms with Gasteiger partial charge in [-0.3, -0.25) is 0 Å². The number of aryl methyl sites for hydroxylation is 1. The number of benzene rings is 3. The first-order chi connectivity index (χ1) is 15.1. The molecule has 0 saturated carbocycles. The third-order valence-corrected chi connectivity index (χ3v) is 4.62. The van der Waals surface area contributed by atoms with Crippen molar-refractivity contribution < 1.29 is 35.5 Å². The highest BCUT2D eigenvalue weighted by atomic mass is 19.3. The second-order valence-electron chi connectivity index (χ2n) is 7.01. The van der Waals surface area contributed by atoms with E-state index in [0.29, 0.717) is 17.7 Å². The van der Waals surface area contributed by atoms with E-state index < -0.39 is 41.5 Å². The molecule has 0 heterocycles. The van der Waals surface area contributed by atoms with E-state index in [1.54, 1.807) is 6.07 Å². The van der Waals surface area contributed by atoms with Crippen LogP contribution < -0.4 is 4.74 Å². The Morgan fingerprint density at radius 2 is 1.38 bits per heavy atom. The van der Waals surface area contributed by atoms with E-state index >= 15 is 0 Å². The van der Waals surface area contributed by atoms with Crippen molar-refractivity contribution in [2.45, 2.75) is 25.9 Å². The molecule has 0 spiro atoms. The van der Waals surface area contributed by atoms with Gasteiger partial charge in [0.15, 0.2) is 17.4 Å². The predicted molar refractivity (Wildman–Crippen MR) is 107 cm³/mol. The van der Waals surface area contributed by atoms with Crippen molar-refractivity contribution in [3.63, 3.8) is 0 Å². The topological polar surface area (TPSA) is 9.23 Å². The zero-order valence-corrected chi connectivity index (χ0v) is 16.7. The molecule has 0 atom stereocenters. The lowest BCUT2D eigenvalue weighted by Gasteiger charge is -2.16. The Kier molecular flexibility index (Phi) is 6.91. The van der Waals surface area contributed by atoms with Crippen molar-refractivity contribution in [3.05, 3.63) is 89.8 Å². The fraction of sp³-hybridized carbons (Fsp3) is 0.167. The summed E-state index contributed by atoms with van der Waals surface area (Å²) in [6, 6.07) is 12.7. The first-order valence-corrected chi connectivity index (χ1v) is 9.58. The van der Waals surface area contributed by atoms with E-state index in [-0.39, 0.29) is 11.1 Å². The molecule has 0 saturated heterocycles. The summed E-state index contributed by atoms with van der Waals surface area (Å²) < 4.78 is 97.6. The zero-order chi connectivity index (χ0) is 23.5. The molecular weight excluding hydrogens is 437 g/mol. The molecule has 0 aliphatic rings. The van der Waals surface area contributed by atoms with Gasteiger partial charge < -0.3 is 4.74 Å². The fourth-order valence-corrected chi connectivity index (χ4v) is 3.19. The van der Waals surface area contributed by atoms with Crippen LogP contribution in [0.2, 0.25) is 0 Å². The van der Waals surface area contributed by atoms with Gasteiger partial charge in [0, 0.05) is 5.56 Å². The van der Waals surface area contributed by atoms with Crippen LogP contribution in [0, 0.1) is 17.5 Å². The molecule has 32 heavy (non-hydrogen) atoms. The van der Waals surface area contributed by atoms with Crippen molar-refractivity contribution in [3.8, 4) is 28.0 Å². The molecule has 0 bridgehead atoms. The van der Waals surface area contributed by atoms with Crippen molar-refractivity contribution in [1.82, 2.24) is 0 Å². The molecule has 0 aliphatic carbocycles. The largest absolute Gasteiger partial charge is 0.425 e. The molecule has 8 heteroatoms. The Morgan fingerprint density at radius 3 is 1.91 bits per heavy atom. The standard InChI is InChI=1S/C24H17F7O/c1-2-3-14-4-6-15(7-5-14)16-8-9-18(19(25)10-16)17-11-20(26)23(21(27)12-17)32-24(30,31)13-22(28)29/h4-13H,2-3H2,1H3. The normalized spacial score (nSPS) is 11.4. The lowest BCUT2D eigenvalue weighted by atomic mass is 9.98. The first-order valence-electron chi connectivity index (χ1n) is 9.58. The quantitative estimate of drug-likeness (QED) is 0.328. The molecule has 0 N–H and O–H groups in total. The van der Waals surface area contributed by atoms with Crippen molar-refractivity contribution in [2.24, 2.45) is 0 Å². The van der Waals surface area contributed by atoms with Gasteiger partial charge in [0.1, 0.15) is 5.82 Å². The number of rotatable bonds is 7. The van der Waals surface area contributed by atoms with E-state index in [0.717, 1.165) is 24.0 Å². The molecule has 3 rings (SSSR count). The third kappa shape index (κ3) is 5.49. The number of alkyl halides is 2. The van der Waals surface area contributed by atoms with Crippen LogP contribution >= 0.6 is 0 Å². The minimum absolute atomic E-state index is 0.179. The van der Waals surface area contributed by atoms with Crippen LogP contribution in [0.4, 0.5) is 30.7 Å². The summed E-state index contributed by atoms with van der Waals surface area (Å²) in [6.45, 7) is 2.05. The maximum Gasteiger partial charge on any atom is 0.425 e. The Morgan fingerprint density at radius 1 is 0.812 bits per heavy atom. The average molecular weight is 454 g/mol. The number of halogens is 7. The SMILES string of the molecule is CCCc1ccc(-c2ccc(-c3cc(F)c(OC(F)(F)C=C(F)F)c(F)c3)c(F)c2)cc1. The van der Waals surface area contributed by atoms with Crippen molar-refractivity contribution in [2.75, 3.05) is 0 Å². The van der Waals surface area contributed by atoms with Gasteiger partial charge >= 0.3 is 6.11 Å². The van der Waals surface area contributed by atoms with Gasteiger partial charge in [-0.25, -0.2) is 13.2 Å². The molecule has 0 fully saturated rings. The summed E-state index contributed by atoms with van der Waals surface area (Å²) in [6.07, 6.45) is -6.40. The van der Waals surface area contributed by atoms with Gasteiger partial charge in [-0.05, 0) is 46.9 Å². The van der Waals surface area contributed by atoms with Gasteiger partial charge in [0.25, 0.3) is 6.08 Å². The third-order valence-electron chi connectivity index (χ3n) is 4.62. The summed E-state index contributed by atoms with van der Waals surface area (Å²) in [4.78, 5) is 0. The molecule has 1 nitrogen and oxygen atoms in total. The molecule has 3 aromatic rings. The smallest absolute Gasteiger partial charge is 0.423 e. The Labute approximate surface area is 179 Å². The molecule has 0 radical (unpaired) electrons. The van der Waals surface area contributed by atoms with E-state index in [9.17, 15) is 30.7 Å². The summed E-state index contributed by atoms with van der Waals surface area (Å²) in [5, 5.41) is 0. The Bertz CT molecular complexity index is 1110. The van der Waals surface area contributed by atoms with Crippen molar-refractivity contribution in [1.29, 1.82) is 0 Å². The molecular formula is C24H17F7O. The molecule has 0 aliphatic heterocycles. The Balaban J connectivity index is 1.90. The van der Waals surface area contributed by atoms with Gasteiger partial charge in [-0.15, -0.1) is 0 Å².